The summed E-state index contributed by atoms with van der Waals surface area (Å²) in [5, 5.41) is 0. The summed E-state index contributed by atoms with van der Waals surface area (Å²) in [5.74, 6) is 0.579. The van der Waals surface area contributed by atoms with E-state index in [4.69, 9.17) is 9.98 Å². The molecule has 0 saturated heterocycles. The standard InChI is InChI=1S/C57H50N2/c1-9-53(42-24-18-23-41(33-42)38-19-12-10-13-20-38)59-54(39-21-14-11-15-22-39)58-37(2)40-27-30-46-45-25-16-17-26-49(45)57(50(46)34-40)51-35-43(55(3,4)5)28-31-47(51)48-32-29-44(36-52(48)57)56(6,7)8/h9-36H,1-2H2,3-8H3. The van der Waals surface area contributed by atoms with Crippen molar-refractivity contribution in [3.63, 3.8) is 0 Å². The summed E-state index contributed by atoms with van der Waals surface area (Å²) in [5.41, 5.74) is 19.0. The molecule has 0 bridgehead atoms. The lowest BCUT2D eigenvalue weighted by Gasteiger charge is -2.33. The maximum Gasteiger partial charge on any atom is 0.160 e. The van der Waals surface area contributed by atoms with Crippen LogP contribution in [0.3, 0.4) is 0 Å². The van der Waals surface area contributed by atoms with Crippen LogP contribution in [-0.2, 0) is 16.2 Å². The highest BCUT2D eigenvalue weighted by atomic mass is 14.9. The SMILES string of the molecule is C=CC(=NC(=NC(=C)c1ccc2c(c1)C1(c3ccccc3-2)c2cc(C(C)(C)C)ccc2-c2ccc(C(C)(C)C)cc21)c1ccccc1)c1cccc(-c2ccccc2)c1. The average Bonchev–Trinajstić information content (AvgIpc) is 3.71. The van der Waals surface area contributed by atoms with E-state index in [2.05, 4.69) is 194 Å². The molecule has 59 heavy (non-hydrogen) atoms. The number of aliphatic imine (C=N–C) groups is 2. The fourth-order valence-electron chi connectivity index (χ4n) is 9.06. The molecule has 0 saturated carbocycles. The van der Waals surface area contributed by atoms with Crippen molar-refractivity contribution in [2.45, 2.75) is 57.8 Å². The zero-order chi connectivity index (χ0) is 41.1. The summed E-state index contributed by atoms with van der Waals surface area (Å²) >= 11 is 0. The highest BCUT2D eigenvalue weighted by Gasteiger charge is 2.52. The second-order valence-electron chi connectivity index (χ2n) is 18.0. The maximum absolute atomic E-state index is 5.27. The lowest BCUT2D eigenvalue weighted by molar-refractivity contribution is 0.586. The maximum atomic E-state index is 5.27. The first kappa shape index (κ1) is 37.9. The van der Waals surface area contributed by atoms with Crippen LogP contribution >= 0.6 is 0 Å². The first-order valence-electron chi connectivity index (χ1n) is 20.6. The Bertz CT molecular complexity index is 2790. The van der Waals surface area contributed by atoms with E-state index >= 15 is 0 Å². The minimum Gasteiger partial charge on any atom is -0.229 e. The molecule has 0 fully saturated rings. The van der Waals surface area contributed by atoms with Crippen molar-refractivity contribution in [1.29, 1.82) is 0 Å². The molecule has 9 rings (SSSR count). The van der Waals surface area contributed by atoms with Crippen LogP contribution in [0.2, 0.25) is 0 Å². The number of allylic oxidation sites excluding steroid dienone is 1. The minimum atomic E-state index is -0.515. The van der Waals surface area contributed by atoms with Gasteiger partial charge in [0.25, 0.3) is 0 Å². The van der Waals surface area contributed by atoms with Crippen molar-refractivity contribution >= 4 is 17.2 Å². The minimum absolute atomic E-state index is 0.0190. The van der Waals surface area contributed by atoms with Crippen molar-refractivity contribution in [2.75, 3.05) is 0 Å². The molecule has 0 N–H and O–H groups in total. The lowest BCUT2D eigenvalue weighted by Crippen LogP contribution is -2.27. The Morgan fingerprint density at radius 1 is 0.458 bits per heavy atom. The summed E-state index contributed by atoms with van der Waals surface area (Å²) in [6, 6.07) is 59.2. The molecule has 288 valence electrons. The van der Waals surface area contributed by atoms with Gasteiger partial charge in [-0.3, -0.25) is 0 Å². The van der Waals surface area contributed by atoms with Crippen molar-refractivity contribution in [1.82, 2.24) is 0 Å². The molecule has 7 aromatic rings. The van der Waals surface area contributed by atoms with Gasteiger partial charge in [-0.2, -0.15) is 0 Å². The molecule has 2 aliphatic rings. The van der Waals surface area contributed by atoms with Gasteiger partial charge in [0.1, 0.15) is 0 Å². The third-order valence-electron chi connectivity index (χ3n) is 12.2. The van der Waals surface area contributed by atoms with E-state index in [0.717, 1.165) is 33.5 Å². The Hall–Kier alpha value is -6.64. The van der Waals surface area contributed by atoms with Crippen LogP contribution in [0.4, 0.5) is 0 Å². The van der Waals surface area contributed by atoms with Crippen LogP contribution < -0.4 is 0 Å². The highest BCUT2D eigenvalue weighted by molar-refractivity contribution is 6.17. The van der Waals surface area contributed by atoms with Crippen molar-refractivity contribution < 1.29 is 0 Å². The van der Waals surface area contributed by atoms with Crippen LogP contribution in [0.5, 0.6) is 0 Å². The van der Waals surface area contributed by atoms with E-state index in [1.165, 1.54) is 55.6 Å². The average molecular weight is 763 g/mol. The summed E-state index contributed by atoms with van der Waals surface area (Å²) < 4.78 is 0. The molecule has 2 aliphatic carbocycles. The fourth-order valence-corrected chi connectivity index (χ4v) is 9.06. The molecule has 2 nitrogen and oxygen atoms in total. The van der Waals surface area contributed by atoms with Gasteiger partial charge in [-0.1, -0.05) is 206 Å². The molecular weight excluding hydrogens is 713 g/mol. The van der Waals surface area contributed by atoms with Crippen LogP contribution in [0.1, 0.15) is 91.6 Å². The zero-order valence-corrected chi connectivity index (χ0v) is 35.0. The number of fused-ring (bicyclic) bond motifs is 10. The van der Waals surface area contributed by atoms with Crippen LogP contribution in [0.25, 0.3) is 39.1 Å². The molecule has 0 amide bonds. The predicted octanol–water partition coefficient (Wildman–Crippen LogP) is 14.4. The Morgan fingerprint density at radius 3 is 1.58 bits per heavy atom. The number of hydrogen-bond acceptors (Lipinski definition) is 1. The normalized spacial score (nSPS) is 14.1. The molecule has 0 unspecified atom stereocenters. The Balaban J connectivity index is 1.23. The van der Waals surface area contributed by atoms with E-state index in [0.29, 0.717) is 11.5 Å². The quantitative estimate of drug-likeness (QED) is 0.119. The van der Waals surface area contributed by atoms with Gasteiger partial charge in [-0.05, 0) is 101 Å². The van der Waals surface area contributed by atoms with E-state index in [-0.39, 0.29) is 10.8 Å². The largest absolute Gasteiger partial charge is 0.229 e. The van der Waals surface area contributed by atoms with Gasteiger partial charge in [0.15, 0.2) is 5.84 Å². The number of nitrogens with zero attached hydrogens (tertiary/aromatic N) is 2. The van der Waals surface area contributed by atoms with Crippen molar-refractivity contribution in [2.24, 2.45) is 9.98 Å². The molecule has 0 heterocycles. The monoisotopic (exact) mass is 762 g/mol. The third kappa shape index (κ3) is 6.44. The fraction of sp³-hybridized carbons (Fsp3) is 0.158. The van der Waals surface area contributed by atoms with Gasteiger partial charge in [-0.15, -0.1) is 0 Å². The number of rotatable bonds is 6. The molecule has 7 aromatic carbocycles. The van der Waals surface area contributed by atoms with E-state index in [9.17, 15) is 0 Å². The molecule has 1 spiro atoms. The molecule has 0 aliphatic heterocycles. The Kier molecular flexibility index (Phi) is 9.20. The lowest BCUT2D eigenvalue weighted by atomic mass is 9.68. The van der Waals surface area contributed by atoms with E-state index in [1.54, 1.807) is 0 Å². The van der Waals surface area contributed by atoms with Crippen molar-refractivity contribution in [3.8, 4) is 33.4 Å². The van der Waals surface area contributed by atoms with Gasteiger partial charge < -0.3 is 0 Å². The first-order valence-corrected chi connectivity index (χ1v) is 20.6. The summed E-state index contributed by atoms with van der Waals surface area (Å²) in [6.07, 6.45) is 1.81. The smallest absolute Gasteiger partial charge is 0.160 e. The van der Waals surface area contributed by atoms with E-state index in [1.807, 2.05) is 30.3 Å². The highest BCUT2D eigenvalue weighted by Crippen LogP contribution is 2.63. The summed E-state index contributed by atoms with van der Waals surface area (Å²) in [4.78, 5) is 10.5. The molecular formula is C57H50N2. The number of benzene rings is 7. The molecule has 0 radical (unpaired) electrons. The van der Waals surface area contributed by atoms with Crippen LogP contribution in [0, 0.1) is 0 Å². The number of hydrogen-bond donors (Lipinski definition) is 0. The third-order valence-corrected chi connectivity index (χ3v) is 12.2. The van der Waals surface area contributed by atoms with Gasteiger partial charge >= 0.3 is 0 Å². The Morgan fingerprint density at radius 2 is 0.966 bits per heavy atom. The van der Waals surface area contributed by atoms with Crippen molar-refractivity contribution in [3.05, 3.63) is 233 Å². The van der Waals surface area contributed by atoms with Crippen LogP contribution in [-0.4, -0.2) is 11.5 Å². The molecule has 2 heteroatoms. The Labute approximate surface area is 350 Å². The molecule has 0 atom stereocenters. The second kappa shape index (κ2) is 14.3. The summed E-state index contributed by atoms with van der Waals surface area (Å²) in [7, 11) is 0. The van der Waals surface area contributed by atoms with Gasteiger partial charge in [-0.25, -0.2) is 9.98 Å². The van der Waals surface area contributed by atoms with Gasteiger partial charge in [0.2, 0.25) is 0 Å². The molecule has 0 aromatic heterocycles. The predicted molar refractivity (Wildman–Crippen MR) is 251 cm³/mol. The topological polar surface area (TPSA) is 24.7 Å². The van der Waals surface area contributed by atoms with Crippen LogP contribution in [0.15, 0.2) is 193 Å². The summed E-state index contributed by atoms with van der Waals surface area (Å²) in [6.45, 7) is 22.7. The second-order valence-corrected chi connectivity index (χ2v) is 18.0. The number of amidine groups is 1. The zero-order valence-electron chi connectivity index (χ0n) is 35.0. The van der Waals surface area contributed by atoms with E-state index < -0.39 is 5.41 Å². The van der Waals surface area contributed by atoms with Gasteiger partial charge in [0.05, 0.1) is 16.8 Å². The van der Waals surface area contributed by atoms with Gasteiger partial charge in [0, 0.05) is 11.1 Å². The first-order chi connectivity index (χ1) is 28.4.